The normalized spacial score (nSPS) is 11.7. The van der Waals surface area contributed by atoms with Crippen molar-refractivity contribution in [3.63, 3.8) is 0 Å². The van der Waals surface area contributed by atoms with Gasteiger partial charge in [0.05, 0.1) is 0 Å². The fourth-order valence-corrected chi connectivity index (χ4v) is 7.90. The molecule has 0 aliphatic carbocycles. The van der Waals surface area contributed by atoms with E-state index in [-0.39, 0.29) is 0 Å². The molecule has 0 bridgehead atoms. The summed E-state index contributed by atoms with van der Waals surface area (Å²) in [4.78, 5) is 15.3. The fourth-order valence-electron chi connectivity index (χ4n) is 5.48. The van der Waals surface area contributed by atoms with Gasteiger partial charge in [-0.05, 0) is 36.8 Å². The van der Waals surface area contributed by atoms with Gasteiger partial charge in [-0.1, -0.05) is 84.9 Å². The minimum Gasteiger partial charge on any atom is -0.208 e. The highest BCUT2D eigenvalue weighted by atomic mass is 32.1. The zero-order chi connectivity index (χ0) is 25.9. The molecular formula is C34H21N3S2. The molecule has 0 saturated carbocycles. The quantitative estimate of drug-likeness (QED) is 0.226. The van der Waals surface area contributed by atoms with Crippen LogP contribution in [0.2, 0.25) is 0 Å². The minimum atomic E-state index is 0.682. The van der Waals surface area contributed by atoms with Crippen LogP contribution in [-0.4, -0.2) is 15.0 Å². The summed E-state index contributed by atoms with van der Waals surface area (Å²) in [5.74, 6) is 2.08. The van der Waals surface area contributed by atoms with Crippen LogP contribution in [-0.2, 0) is 0 Å². The van der Waals surface area contributed by atoms with E-state index in [4.69, 9.17) is 15.0 Å². The maximum atomic E-state index is 5.17. The molecule has 0 aliphatic heterocycles. The predicted octanol–water partition coefficient (Wildman–Crippen LogP) is 9.92. The molecule has 0 atom stereocenters. The number of benzene rings is 5. The van der Waals surface area contributed by atoms with Crippen molar-refractivity contribution in [3.05, 3.63) is 115 Å². The number of thiophene rings is 2. The summed E-state index contributed by atoms with van der Waals surface area (Å²) in [5, 5.41) is 4.99. The highest BCUT2D eigenvalue weighted by molar-refractivity contribution is 7.26. The fraction of sp³-hybridized carbons (Fsp3) is 0.0294. The van der Waals surface area contributed by atoms with E-state index in [0.29, 0.717) is 17.5 Å². The smallest absolute Gasteiger partial charge is 0.165 e. The van der Waals surface area contributed by atoms with Crippen molar-refractivity contribution in [2.75, 3.05) is 0 Å². The maximum Gasteiger partial charge on any atom is 0.165 e. The van der Waals surface area contributed by atoms with Gasteiger partial charge in [-0.15, -0.1) is 22.7 Å². The lowest BCUT2D eigenvalue weighted by atomic mass is 10.0. The largest absolute Gasteiger partial charge is 0.208 e. The average Bonchev–Trinajstić information content (AvgIpc) is 3.56. The molecule has 0 radical (unpaired) electrons. The molecular weight excluding hydrogens is 515 g/mol. The molecule has 5 heteroatoms. The van der Waals surface area contributed by atoms with Crippen LogP contribution in [0.5, 0.6) is 0 Å². The van der Waals surface area contributed by atoms with E-state index >= 15 is 0 Å². The molecule has 0 aliphatic rings. The Balaban J connectivity index is 1.45. The number of hydrogen-bond acceptors (Lipinski definition) is 5. The minimum absolute atomic E-state index is 0.682. The molecule has 8 rings (SSSR count). The molecule has 8 aromatic rings. The predicted molar refractivity (Wildman–Crippen MR) is 167 cm³/mol. The Morgan fingerprint density at radius 2 is 1.08 bits per heavy atom. The van der Waals surface area contributed by atoms with Crippen molar-refractivity contribution < 1.29 is 0 Å². The molecule has 3 nitrogen and oxygen atoms in total. The molecule has 0 amide bonds. The second kappa shape index (κ2) is 8.80. The van der Waals surface area contributed by atoms with Gasteiger partial charge in [0.1, 0.15) is 0 Å². The van der Waals surface area contributed by atoms with Crippen LogP contribution < -0.4 is 0 Å². The van der Waals surface area contributed by atoms with Crippen molar-refractivity contribution in [1.82, 2.24) is 15.0 Å². The number of hydrogen-bond donors (Lipinski definition) is 0. The average molecular weight is 536 g/mol. The summed E-state index contributed by atoms with van der Waals surface area (Å²) in [6.45, 7) is 2.18. The van der Waals surface area contributed by atoms with Gasteiger partial charge in [0.2, 0.25) is 0 Å². The Bertz CT molecular complexity index is 2190. The van der Waals surface area contributed by atoms with Crippen LogP contribution in [0.25, 0.3) is 74.5 Å². The Hall–Kier alpha value is -4.45. The highest BCUT2D eigenvalue weighted by Crippen LogP contribution is 2.42. The Morgan fingerprint density at radius 3 is 1.95 bits per heavy atom. The summed E-state index contributed by atoms with van der Waals surface area (Å²) in [6.07, 6.45) is 0. The van der Waals surface area contributed by atoms with Crippen LogP contribution >= 0.6 is 22.7 Å². The first kappa shape index (κ1) is 22.5. The van der Waals surface area contributed by atoms with E-state index in [1.807, 2.05) is 29.5 Å². The summed E-state index contributed by atoms with van der Waals surface area (Å²) in [7, 11) is 0. The number of nitrogens with zero attached hydrogens (tertiary/aromatic N) is 3. The van der Waals surface area contributed by atoms with Gasteiger partial charge in [0.15, 0.2) is 17.5 Å². The zero-order valence-electron chi connectivity index (χ0n) is 21.1. The first-order valence-corrected chi connectivity index (χ1v) is 14.5. The number of aryl methyl sites for hydroxylation is 1. The molecule has 0 unspecified atom stereocenters. The molecule has 0 N–H and O–H groups in total. The first-order valence-electron chi connectivity index (χ1n) is 12.9. The van der Waals surface area contributed by atoms with Crippen molar-refractivity contribution >= 4 is 63.0 Å². The number of fused-ring (bicyclic) bond motifs is 6. The van der Waals surface area contributed by atoms with Crippen LogP contribution in [0, 0.1) is 6.92 Å². The van der Waals surface area contributed by atoms with E-state index in [1.54, 1.807) is 11.3 Å². The third kappa shape index (κ3) is 3.58. The molecule has 184 valence electrons. The van der Waals surface area contributed by atoms with E-state index < -0.39 is 0 Å². The third-order valence-corrected chi connectivity index (χ3v) is 9.62. The summed E-state index contributed by atoms with van der Waals surface area (Å²) in [6, 6.07) is 38.2. The molecule has 3 aromatic heterocycles. The molecule has 0 fully saturated rings. The van der Waals surface area contributed by atoms with Gasteiger partial charge in [0, 0.05) is 57.0 Å². The second-order valence-electron chi connectivity index (χ2n) is 9.68. The summed E-state index contributed by atoms with van der Waals surface area (Å²) >= 11 is 3.62. The van der Waals surface area contributed by atoms with Crippen LogP contribution in [0.15, 0.2) is 109 Å². The van der Waals surface area contributed by atoms with E-state index in [2.05, 4.69) is 97.9 Å². The Morgan fingerprint density at radius 1 is 0.462 bits per heavy atom. The lowest BCUT2D eigenvalue weighted by Crippen LogP contribution is -2.00. The van der Waals surface area contributed by atoms with Gasteiger partial charge in [0.25, 0.3) is 0 Å². The van der Waals surface area contributed by atoms with Gasteiger partial charge >= 0.3 is 0 Å². The van der Waals surface area contributed by atoms with E-state index in [1.165, 1.54) is 45.9 Å². The summed E-state index contributed by atoms with van der Waals surface area (Å²) in [5.41, 5.74) is 4.31. The van der Waals surface area contributed by atoms with Crippen molar-refractivity contribution in [3.8, 4) is 34.2 Å². The van der Waals surface area contributed by atoms with Gasteiger partial charge in [-0.2, -0.15) is 0 Å². The lowest BCUT2D eigenvalue weighted by Gasteiger charge is -2.10. The van der Waals surface area contributed by atoms with Crippen molar-refractivity contribution in [1.29, 1.82) is 0 Å². The highest BCUT2D eigenvalue weighted by Gasteiger charge is 2.19. The standard InChI is InChI=1S/C34H21N3S2/c1-20-10-7-18-27-29(20)30-24(15-9-19-28(30)38-27)33-35-32(21-11-3-2-4-12-21)36-34(37-33)25-16-8-14-23-22-13-5-6-17-26(22)39-31(23)25/h2-19H,1H3. The molecule has 0 saturated heterocycles. The SMILES string of the molecule is Cc1cccc2sc3cccc(-c4nc(-c5ccccc5)nc(-c5cccc6c5sc5ccccc56)n4)c3c12. The zero-order valence-corrected chi connectivity index (χ0v) is 22.7. The Labute approximate surface area is 233 Å². The number of rotatable bonds is 3. The van der Waals surface area contributed by atoms with Gasteiger partial charge in [-0.25, -0.2) is 15.0 Å². The molecule has 3 heterocycles. The van der Waals surface area contributed by atoms with Crippen molar-refractivity contribution in [2.45, 2.75) is 6.92 Å². The molecule has 5 aromatic carbocycles. The second-order valence-corrected chi connectivity index (χ2v) is 11.8. The van der Waals surface area contributed by atoms with Crippen molar-refractivity contribution in [2.24, 2.45) is 0 Å². The third-order valence-electron chi connectivity index (χ3n) is 7.28. The topological polar surface area (TPSA) is 38.7 Å². The van der Waals surface area contributed by atoms with Crippen LogP contribution in [0.3, 0.4) is 0 Å². The lowest BCUT2D eigenvalue weighted by molar-refractivity contribution is 1.08. The maximum absolute atomic E-state index is 5.17. The number of aromatic nitrogens is 3. The first-order chi connectivity index (χ1) is 19.2. The molecule has 39 heavy (non-hydrogen) atoms. The van der Waals surface area contributed by atoms with E-state index in [9.17, 15) is 0 Å². The Kier molecular flexibility index (Phi) is 5.08. The van der Waals surface area contributed by atoms with Crippen LogP contribution in [0.4, 0.5) is 0 Å². The van der Waals surface area contributed by atoms with Crippen LogP contribution in [0.1, 0.15) is 5.56 Å². The molecule has 0 spiro atoms. The van der Waals surface area contributed by atoms with Gasteiger partial charge < -0.3 is 0 Å². The van der Waals surface area contributed by atoms with Gasteiger partial charge in [-0.3, -0.25) is 0 Å². The monoisotopic (exact) mass is 535 g/mol. The van der Waals surface area contributed by atoms with E-state index in [0.717, 1.165) is 16.7 Å². The summed E-state index contributed by atoms with van der Waals surface area (Å²) < 4.78 is 4.99.